The van der Waals surface area contributed by atoms with Crippen molar-refractivity contribution in [1.82, 2.24) is 9.88 Å². The summed E-state index contributed by atoms with van der Waals surface area (Å²) in [6.45, 7) is 0.453. The van der Waals surface area contributed by atoms with Crippen molar-refractivity contribution in [3.63, 3.8) is 0 Å². The Labute approximate surface area is 161 Å². The van der Waals surface area contributed by atoms with Crippen LogP contribution < -0.4 is 4.74 Å². The van der Waals surface area contributed by atoms with Crippen molar-refractivity contribution in [2.24, 2.45) is 0 Å². The molecule has 1 aliphatic heterocycles. The van der Waals surface area contributed by atoms with Gasteiger partial charge in [-0.3, -0.25) is 19.5 Å². The summed E-state index contributed by atoms with van der Waals surface area (Å²) in [7, 11) is 0. The Morgan fingerprint density at radius 1 is 0.926 bits per heavy atom. The van der Waals surface area contributed by atoms with Gasteiger partial charge >= 0.3 is 0 Å². The number of hydrogen-bond donors (Lipinski definition) is 0. The minimum Gasteiger partial charge on any atom is -0.488 e. The third kappa shape index (κ3) is 3.41. The van der Waals surface area contributed by atoms with Crippen LogP contribution in [0.4, 0.5) is 0 Å². The van der Waals surface area contributed by atoms with E-state index in [0.29, 0.717) is 21.9 Å². The predicted molar refractivity (Wildman–Crippen MR) is 101 cm³/mol. The first-order chi connectivity index (χ1) is 13.1. The van der Waals surface area contributed by atoms with Gasteiger partial charge in [0.15, 0.2) is 0 Å². The molecule has 0 atom stereocenters. The van der Waals surface area contributed by atoms with Crippen LogP contribution in [0.2, 0.25) is 5.02 Å². The number of ether oxygens (including phenoxy) is 1. The van der Waals surface area contributed by atoms with Crippen molar-refractivity contribution in [2.75, 3.05) is 0 Å². The monoisotopic (exact) mass is 378 g/mol. The van der Waals surface area contributed by atoms with Gasteiger partial charge in [-0.25, -0.2) is 0 Å². The van der Waals surface area contributed by atoms with E-state index in [1.54, 1.807) is 48.8 Å². The topological polar surface area (TPSA) is 59.5 Å². The zero-order valence-electron chi connectivity index (χ0n) is 14.3. The third-order valence-corrected chi connectivity index (χ3v) is 4.58. The number of hydrogen-bond acceptors (Lipinski definition) is 4. The molecule has 134 valence electrons. The maximum Gasteiger partial charge on any atom is 0.265 e. The molecule has 0 saturated carbocycles. The lowest BCUT2D eigenvalue weighted by atomic mass is 10.1. The molecule has 2 heterocycles. The Bertz CT molecular complexity index is 1000. The maximum atomic E-state index is 12.9. The molecule has 2 aromatic carbocycles. The number of pyridine rings is 1. The molecule has 6 heteroatoms. The normalized spacial score (nSPS) is 13.0. The van der Waals surface area contributed by atoms with Crippen molar-refractivity contribution in [2.45, 2.75) is 13.2 Å². The maximum absolute atomic E-state index is 12.9. The first-order valence-corrected chi connectivity index (χ1v) is 8.76. The van der Waals surface area contributed by atoms with Crippen molar-refractivity contribution in [3.8, 4) is 5.75 Å². The summed E-state index contributed by atoms with van der Waals surface area (Å²) in [4.78, 5) is 30.8. The van der Waals surface area contributed by atoms with Crippen molar-refractivity contribution >= 4 is 23.4 Å². The summed E-state index contributed by atoms with van der Waals surface area (Å²) in [5.74, 6) is -0.282. The molecule has 1 aliphatic rings. The van der Waals surface area contributed by atoms with Crippen LogP contribution in [0.3, 0.4) is 0 Å². The van der Waals surface area contributed by atoms with E-state index in [4.69, 9.17) is 16.3 Å². The molecule has 2 amide bonds. The van der Waals surface area contributed by atoms with Crippen molar-refractivity contribution in [1.29, 1.82) is 0 Å². The summed E-state index contributed by atoms with van der Waals surface area (Å²) < 4.78 is 5.84. The van der Waals surface area contributed by atoms with Crippen LogP contribution in [0.15, 0.2) is 67.0 Å². The fraction of sp³-hybridized carbons (Fsp3) is 0.0952. The van der Waals surface area contributed by atoms with Gasteiger partial charge in [0.1, 0.15) is 12.4 Å². The Hall–Kier alpha value is -3.18. The van der Waals surface area contributed by atoms with Crippen LogP contribution in [0.1, 0.15) is 31.8 Å². The van der Waals surface area contributed by atoms with Gasteiger partial charge < -0.3 is 4.74 Å². The van der Waals surface area contributed by atoms with E-state index < -0.39 is 0 Å². The van der Waals surface area contributed by atoms with Gasteiger partial charge in [0.2, 0.25) is 0 Å². The highest BCUT2D eigenvalue weighted by Gasteiger charge is 2.38. The van der Waals surface area contributed by atoms with Crippen molar-refractivity contribution in [3.05, 3.63) is 94.3 Å². The van der Waals surface area contributed by atoms with Gasteiger partial charge in [-0.05, 0) is 41.5 Å². The second kappa shape index (κ2) is 7.21. The van der Waals surface area contributed by atoms with Gasteiger partial charge in [0.05, 0.1) is 17.7 Å². The highest BCUT2D eigenvalue weighted by molar-refractivity contribution is 6.30. The number of imide groups is 1. The largest absolute Gasteiger partial charge is 0.488 e. The molecule has 0 spiro atoms. The SMILES string of the molecule is O=C1c2cccc(OCc3ccc(Cl)cc3)c2C(=O)N1Cc1cccnc1. The van der Waals surface area contributed by atoms with E-state index in [2.05, 4.69) is 4.98 Å². The molecule has 0 aliphatic carbocycles. The Balaban J connectivity index is 1.57. The summed E-state index contributed by atoms with van der Waals surface area (Å²) in [6, 6.07) is 15.9. The molecular weight excluding hydrogens is 364 g/mol. The summed E-state index contributed by atoms with van der Waals surface area (Å²) >= 11 is 5.89. The van der Waals surface area contributed by atoms with Gasteiger partial charge in [0, 0.05) is 17.4 Å². The minimum absolute atomic E-state index is 0.177. The Morgan fingerprint density at radius 3 is 2.48 bits per heavy atom. The first kappa shape index (κ1) is 17.2. The summed E-state index contributed by atoms with van der Waals surface area (Å²) in [5.41, 5.74) is 2.37. The summed E-state index contributed by atoms with van der Waals surface area (Å²) in [6.07, 6.45) is 3.29. The zero-order valence-corrected chi connectivity index (χ0v) is 15.0. The van der Waals surface area contributed by atoms with Crippen LogP contribution in [-0.2, 0) is 13.2 Å². The lowest BCUT2D eigenvalue weighted by Crippen LogP contribution is -2.29. The average molecular weight is 379 g/mol. The Kier molecular flexibility index (Phi) is 4.60. The molecule has 1 aromatic heterocycles. The highest BCUT2D eigenvalue weighted by Crippen LogP contribution is 2.32. The number of aromatic nitrogens is 1. The third-order valence-electron chi connectivity index (χ3n) is 4.33. The number of carbonyl (C=O) groups excluding carboxylic acids is 2. The number of benzene rings is 2. The summed E-state index contributed by atoms with van der Waals surface area (Å²) in [5, 5.41) is 0.645. The zero-order chi connectivity index (χ0) is 18.8. The average Bonchev–Trinajstić information content (AvgIpc) is 2.94. The van der Waals surface area contributed by atoms with Crippen LogP contribution in [0.25, 0.3) is 0 Å². The lowest BCUT2D eigenvalue weighted by molar-refractivity contribution is 0.0641. The fourth-order valence-electron chi connectivity index (χ4n) is 2.98. The van der Waals surface area contributed by atoms with E-state index in [1.807, 2.05) is 18.2 Å². The van der Waals surface area contributed by atoms with E-state index in [0.717, 1.165) is 11.1 Å². The molecular formula is C21H15ClN2O3. The fourth-order valence-corrected chi connectivity index (χ4v) is 3.11. The van der Waals surface area contributed by atoms with E-state index in [9.17, 15) is 9.59 Å². The number of carbonyl (C=O) groups is 2. The predicted octanol–water partition coefficient (Wildman–Crippen LogP) is 4.11. The van der Waals surface area contributed by atoms with E-state index >= 15 is 0 Å². The van der Waals surface area contributed by atoms with E-state index in [-0.39, 0.29) is 25.0 Å². The number of amides is 2. The molecule has 0 fully saturated rings. The van der Waals surface area contributed by atoms with Gasteiger partial charge in [0.25, 0.3) is 11.8 Å². The van der Waals surface area contributed by atoms with Crippen LogP contribution >= 0.6 is 11.6 Å². The van der Waals surface area contributed by atoms with Crippen molar-refractivity contribution < 1.29 is 14.3 Å². The molecule has 0 saturated heterocycles. The molecule has 27 heavy (non-hydrogen) atoms. The number of nitrogens with zero attached hydrogens (tertiary/aromatic N) is 2. The van der Waals surface area contributed by atoms with Gasteiger partial charge in [-0.15, -0.1) is 0 Å². The number of halogens is 1. The van der Waals surface area contributed by atoms with Gasteiger partial charge in [-0.1, -0.05) is 35.9 Å². The molecule has 4 rings (SSSR count). The second-order valence-corrected chi connectivity index (χ2v) is 6.59. The number of rotatable bonds is 5. The van der Waals surface area contributed by atoms with E-state index in [1.165, 1.54) is 4.90 Å². The molecule has 3 aromatic rings. The minimum atomic E-state index is -0.356. The number of fused-ring (bicyclic) bond motifs is 1. The van der Waals surface area contributed by atoms with Crippen LogP contribution in [-0.4, -0.2) is 21.7 Å². The lowest BCUT2D eigenvalue weighted by Gasteiger charge is -2.13. The van der Waals surface area contributed by atoms with Crippen LogP contribution in [0, 0.1) is 0 Å². The van der Waals surface area contributed by atoms with Gasteiger partial charge in [-0.2, -0.15) is 0 Å². The first-order valence-electron chi connectivity index (χ1n) is 8.39. The molecule has 0 unspecified atom stereocenters. The quantitative estimate of drug-likeness (QED) is 0.627. The molecule has 0 bridgehead atoms. The smallest absolute Gasteiger partial charge is 0.265 e. The molecule has 5 nitrogen and oxygen atoms in total. The second-order valence-electron chi connectivity index (χ2n) is 6.15. The van der Waals surface area contributed by atoms with Crippen LogP contribution in [0.5, 0.6) is 5.75 Å². The molecule has 0 N–H and O–H groups in total. The highest BCUT2D eigenvalue weighted by atomic mass is 35.5. The Morgan fingerprint density at radius 2 is 1.74 bits per heavy atom. The molecule has 0 radical (unpaired) electrons. The standard InChI is InChI=1S/C21H15ClN2O3/c22-16-8-6-14(7-9-16)13-27-18-5-1-4-17-19(18)21(26)24(20(17)25)12-15-3-2-10-23-11-15/h1-11H,12-13H2.